The first-order valence-electron chi connectivity index (χ1n) is 6.26. The molecule has 3 nitrogen and oxygen atoms in total. The van der Waals surface area contributed by atoms with Gasteiger partial charge < -0.3 is 14.8 Å². The molecular formula is C15H23NO2. The summed E-state index contributed by atoms with van der Waals surface area (Å²) < 4.78 is 11.1. The Labute approximate surface area is 110 Å². The highest BCUT2D eigenvalue weighted by atomic mass is 16.5. The van der Waals surface area contributed by atoms with Gasteiger partial charge in [-0.3, -0.25) is 0 Å². The molecule has 1 unspecified atom stereocenters. The molecule has 0 radical (unpaired) electrons. The Morgan fingerprint density at radius 1 is 1.33 bits per heavy atom. The molecule has 0 saturated carbocycles. The van der Waals surface area contributed by atoms with Gasteiger partial charge in [0.2, 0.25) is 0 Å². The summed E-state index contributed by atoms with van der Waals surface area (Å²) >= 11 is 0. The Balaban J connectivity index is 2.89. The van der Waals surface area contributed by atoms with Crippen molar-refractivity contribution in [1.82, 2.24) is 5.32 Å². The molecule has 0 bridgehead atoms. The minimum Gasteiger partial charge on any atom is -0.497 e. The highest BCUT2D eigenvalue weighted by Gasteiger charge is 2.08. The van der Waals surface area contributed by atoms with Crippen molar-refractivity contribution in [1.29, 1.82) is 0 Å². The molecule has 100 valence electrons. The first-order chi connectivity index (χ1) is 8.56. The van der Waals surface area contributed by atoms with Crippen LogP contribution in [0.5, 0.6) is 11.5 Å². The lowest BCUT2D eigenvalue weighted by atomic mass is 10.1. The highest BCUT2D eigenvalue weighted by Crippen LogP contribution is 2.26. The lowest BCUT2D eigenvalue weighted by molar-refractivity contribution is 0.265. The predicted molar refractivity (Wildman–Crippen MR) is 75.3 cm³/mol. The van der Waals surface area contributed by atoms with Crippen molar-refractivity contribution in [3.8, 4) is 11.5 Å². The number of hydrogen-bond acceptors (Lipinski definition) is 3. The summed E-state index contributed by atoms with van der Waals surface area (Å²) in [6.07, 6.45) is 1.76. The standard InChI is InChI=1S/C15H23NO2/c1-6-12(4)18-15-9-14(17-5)8-7-13(15)10-16-11(2)3/h6-9,11-12,16H,1,10H2,2-5H3. The van der Waals surface area contributed by atoms with Crippen LogP contribution >= 0.6 is 0 Å². The molecule has 0 saturated heterocycles. The van der Waals surface area contributed by atoms with Crippen LogP contribution in [0.1, 0.15) is 26.3 Å². The minimum atomic E-state index is -0.0186. The molecule has 0 aliphatic carbocycles. The molecule has 0 aliphatic rings. The smallest absolute Gasteiger partial charge is 0.128 e. The maximum Gasteiger partial charge on any atom is 0.128 e. The second-order valence-corrected chi connectivity index (χ2v) is 4.57. The van der Waals surface area contributed by atoms with Crippen molar-refractivity contribution >= 4 is 0 Å². The molecule has 0 heterocycles. The third kappa shape index (κ3) is 4.41. The van der Waals surface area contributed by atoms with Crippen molar-refractivity contribution in [2.45, 2.75) is 39.5 Å². The monoisotopic (exact) mass is 249 g/mol. The van der Waals surface area contributed by atoms with E-state index in [1.807, 2.05) is 25.1 Å². The van der Waals surface area contributed by atoms with Crippen LogP contribution in [-0.2, 0) is 6.54 Å². The molecule has 0 amide bonds. The Morgan fingerprint density at radius 2 is 2.06 bits per heavy atom. The minimum absolute atomic E-state index is 0.0186. The molecule has 0 aromatic heterocycles. The van der Waals surface area contributed by atoms with Crippen LogP contribution in [0.15, 0.2) is 30.9 Å². The van der Waals surface area contributed by atoms with Crippen LogP contribution in [0.2, 0.25) is 0 Å². The molecule has 1 aromatic carbocycles. The molecule has 18 heavy (non-hydrogen) atoms. The van der Waals surface area contributed by atoms with E-state index in [9.17, 15) is 0 Å². The van der Waals surface area contributed by atoms with Gasteiger partial charge in [0.15, 0.2) is 0 Å². The van der Waals surface area contributed by atoms with E-state index in [1.165, 1.54) is 0 Å². The van der Waals surface area contributed by atoms with Gasteiger partial charge in [-0.25, -0.2) is 0 Å². The Kier molecular flexibility index (Phi) is 5.72. The molecule has 0 fully saturated rings. The van der Waals surface area contributed by atoms with E-state index < -0.39 is 0 Å². The average molecular weight is 249 g/mol. The summed E-state index contributed by atoms with van der Waals surface area (Å²) in [5.41, 5.74) is 1.12. The van der Waals surface area contributed by atoms with Crippen LogP contribution in [-0.4, -0.2) is 19.3 Å². The van der Waals surface area contributed by atoms with Crippen molar-refractivity contribution in [2.75, 3.05) is 7.11 Å². The van der Waals surface area contributed by atoms with E-state index in [0.29, 0.717) is 6.04 Å². The highest BCUT2D eigenvalue weighted by molar-refractivity contribution is 5.41. The molecule has 0 spiro atoms. The van der Waals surface area contributed by atoms with Gasteiger partial charge in [0.05, 0.1) is 7.11 Å². The SMILES string of the molecule is C=CC(C)Oc1cc(OC)ccc1CNC(C)C. The average Bonchev–Trinajstić information content (AvgIpc) is 2.36. The number of nitrogens with one attached hydrogen (secondary N) is 1. The van der Waals surface area contributed by atoms with Crippen molar-refractivity contribution in [2.24, 2.45) is 0 Å². The van der Waals surface area contributed by atoms with Crippen molar-refractivity contribution in [3.05, 3.63) is 36.4 Å². The van der Waals surface area contributed by atoms with Gasteiger partial charge >= 0.3 is 0 Å². The van der Waals surface area contributed by atoms with E-state index in [1.54, 1.807) is 13.2 Å². The normalized spacial score (nSPS) is 12.3. The van der Waals surface area contributed by atoms with E-state index >= 15 is 0 Å². The first kappa shape index (κ1) is 14.6. The van der Waals surface area contributed by atoms with Crippen LogP contribution in [0, 0.1) is 0 Å². The quantitative estimate of drug-likeness (QED) is 0.753. The van der Waals surface area contributed by atoms with E-state index in [4.69, 9.17) is 9.47 Å². The fourth-order valence-electron chi connectivity index (χ4n) is 1.48. The lowest BCUT2D eigenvalue weighted by Crippen LogP contribution is -2.22. The van der Waals surface area contributed by atoms with Gasteiger partial charge in [0, 0.05) is 24.2 Å². The second-order valence-electron chi connectivity index (χ2n) is 4.57. The maximum absolute atomic E-state index is 5.83. The summed E-state index contributed by atoms with van der Waals surface area (Å²) in [4.78, 5) is 0. The predicted octanol–water partition coefficient (Wildman–Crippen LogP) is 3.15. The van der Waals surface area contributed by atoms with Crippen molar-refractivity contribution < 1.29 is 9.47 Å². The molecule has 3 heteroatoms. The molecule has 1 atom stereocenters. The van der Waals surface area contributed by atoms with Crippen LogP contribution < -0.4 is 14.8 Å². The lowest BCUT2D eigenvalue weighted by Gasteiger charge is -2.17. The topological polar surface area (TPSA) is 30.5 Å². The van der Waals surface area contributed by atoms with Crippen LogP contribution in [0.3, 0.4) is 0 Å². The van der Waals surface area contributed by atoms with Gasteiger partial charge in [-0.15, -0.1) is 0 Å². The second kappa shape index (κ2) is 7.07. The largest absolute Gasteiger partial charge is 0.497 e. The van der Waals surface area contributed by atoms with E-state index in [-0.39, 0.29) is 6.10 Å². The molecule has 1 N–H and O–H groups in total. The number of ether oxygens (including phenoxy) is 2. The zero-order chi connectivity index (χ0) is 13.5. The molecule has 1 aromatic rings. The molecule has 1 rings (SSSR count). The third-order valence-electron chi connectivity index (χ3n) is 2.62. The van der Waals surface area contributed by atoms with Crippen LogP contribution in [0.4, 0.5) is 0 Å². The van der Waals surface area contributed by atoms with Gasteiger partial charge in [-0.1, -0.05) is 32.6 Å². The summed E-state index contributed by atoms with van der Waals surface area (Å²) in [6.45, 7) is 10.7. The Morgan fingerprint density at radius 3 is 2.61 bits per heavy atom. The summed E-state index contributed by atoms with van der Waals surface area (Å²) in [5.74, 6) is 1.64. The van der Waals surface area contributed by atoms with Crippen molar-refractivity contribution in [3.63, 3.8) is 0 Å². The number of methoxy groups -OCH3 is 1. The summed E-state index contributed by atoms with van der Waals surface area (Å²) in [5, 5.41) is 3.38. The molecule has 0 aliphatic heterocycles. The zero-order valence-corrected chi connectivity index (χ0v) is 11.7. The third-order valence-corrected chi connectivity index (χ3v) is 2.62. The fraction of sp³-hybridized carbons (Fsp3) is 0.467. The first-order valence-corrected chi connectivity index (χ1v) is 6.26. The maximum atomic E-state index is 5.83. The number of benzene rings is 1. The van der Waals surface area contributed by atoms with Gasteiger partial charge in [-0.05, 0) is 13.0 Å². The Bertz CT molecular complexity index is 388. The van der Waals surface area contributed by atoms with E-state index in [0.717, 1.165) is 23.6 Å². The van der Waals surface area contributed by atoms with Gasteiger partial charge in [-0.2, -0.15) is 0 Å². The number of hydrogen-bond donors (Lipinski definition) is 1. The fourth-order valence-corrected chi connectivity index (χ4v) is 1.48. The number of rotatable bonds is 7. The zero-order valence-electron chi connectivity index (χ0n) is 11.7. The summed E-state index contributed by atoms with van der Waals surface area (Å²) in [6, 6.07) is 6.33. The van der Waals surface area contributed by atoms with Gasteiger partial charge in [0.25, 0.3) is 0 Å². The molecular weight excluding hydrogens is 226 g/mol. The van der Waals surface area contributed by atoms with Gasteiger partial charge in [0.1, 0.15) is 17.6 Å². The Hall–Kier alpha value is -1.48. The van der Waals surface area contributed by atoms with E-state index in [2.05, 4.69) is 25.7 Å². The van der Waals surface area contributed by atoms with Crippen LogP contribution in [0.25, 0.3) is 0 Å². The summed E-state index contributed by atoms with van der Waals surface area (Å²) in [7, 11) is 1.65.